The predicted molar refractivity (Wildman–Crippen MR) is 123 cm³/mol. The first-order valence-corrected chi connectivity index (χ1v) is 12.7. The molecule has 1 aromatic heterocycles. The van der Waals surface area contributed by atoms with Crippen LogP contribution in [0.25, 0.3) is 0 Å². The Morgan fingerprint density at radius 3 is 2.70 bits per heavy atom. The summed E-state index contributed by atoms with van der Waals surface area (Å²) >= 11 is 0. The number of amides is 1. The molecule has 7 heteroatoms. The third-order valence-electron chi connectivity index (χ3n) is 7.02. The highest BCUT2D eigenvalue weighted by atomic mass is 16.6. The first kappa shape index (κ1) is 22.2. The lowest BCUT2D eigenvalue weighted by Crippen LogP contribution is -2.37. The zero-order valence-corrected chi connectivity index (χ0v) is 19.4. The molecule has 178 valence electrons. The molecule has 2 fully saturated rings. The summed E-state index contributed by atoms with van der Waals surface area (Å²) < 4.78 is 16.7. The lowest BCUT2D eigenvalue weighted by atomic mass is 9.93. The summed E-state index contributed by atoms with van der Waals surface area (Å²) in [5.41, 5.74) is 1.19. The fraction of sp³-hybridized carbons (Fsp3) is 0.654. The molecule has 5 rings (SSSR count). The lowest BCUT2D eigenvalue weighted by Gasteiger charge is -2.24. The summed E-state index contributed by atoms with van der Waals surface area (Å²) in [6.07, 6.45) is 12.4. The second-order valence-electron chi connectivity index (χ2n) is 9.86. The highest BCUT2D eigenvalue weighted by Gasteiger charge is 2.28. The van der Waals surface area contributed by atoms with Crippen molar-refractivity contribution in [1.29, 1.82) is 0 Å². The Kier molecular flexibility index (Phi) is 7.12. The molecule has 2 aromatic rings. The molecule has 0 spiro atoms. The topological polar surface area (TPSA) is 86.5 Å². The van der Waals surface area contributed by atoms with Gasteiger partial charge in [-0.1, -0.05) is 36.9 Å². The smallest absolute Gasteiger partial charge is 0.226 e. The molecule has 1 N–H and O–H groups in total. The van der Waals surface area contributed by atoms with Gasteiger partial charge in [-0.15, -0.1) is 0 Å². The molecule has 1 aliphatic heterocycles. The summed E-state index contributed by atoms with van der Waals surface area (Å²) in [5, 5.41) is 7.40. The van der Waals surface area contributed by atoms with E-state index in [1.54, 1.807) is 0 Å². The second-order valence-corrected chi connectivity index (χ2v) is 9.86. The molecular weight excluding hydrogens is 418 g/mol. The van der Waals surface area contributed by atoms with Crippen LogP contribution in [0.5, 0.6) is 11.5 Å². The number of fused-ring (bicyclic) bond motifs is 1. The van der Waals surface area contributed by atoms with Gasteiger partial charge in [0, 0.05) is 24.8 Å². The number of nitrogens with one attached hydrogen (secondary N) is 1. The van der Waals surface area contributed by atoms with Crippen molar-refractivity contribution in [1.82, 2.24) is 15.5 Å². The minimum Gasteiger partial charge on any atom is -0.486 e. The standard InChI is InChI=1S/C26H35N3O4/c30-24(7-3-4-8-25-28-26(29-33-25)20-10-11-20)27-21(15-18-5-1-2-6-18)16-19-9-12-22-23(17-19)32-14-13-31-22/h9,12,17-18,20-21H,1-8,10-11,13-16H2,(H,27,30)/t21-/m1/s1. The highest BCUT2D eigenvalue weighted by molar-refractivity contribution is 5.76. The maximum Gasteiger partial charge on any atom is 0.226 e. The number of aromatic nitrogens is 2. The van der Waals surface area contributed by atoms with E-state index in [2.05, 4.69) is 27.6 Å². The van der Waals surface area contributed by atoms with Gasteiger partial charge in [0.2, 0.25) is 11.8 Å². The van der Waals surface area contributed by atoms with Crippen molar-refractivity contribution in [3.05, 3.63) is 35.5 Å². The molecule has 2 heterocycles. The van der Waals surface area contributed by atoms with Crippen LogP contribution >= 0.6 is 0 Å². The number of benzene rings is 1. The summed E-state index contributed by atoms with van der Waals surface area (Å²) in [7, 11) is 0. The van der Waals surface area contributed by atoms with Crippen molar-refractivity contribution >= 4 is 5.91 Å². The molecule has 1 amide bonds. The van der Waals surface area contributed by atoms with Crippen LogP contribution in [0.3, 0.4) is 0 Å². The second kappa shape index (κ2) is 10.6. The van der Waals surface area contributed by atoms with E-state index < -0.39 is 0 Å². The van der Waals surface area contributed by atoms with Gasteiger partial charge in [-0.2, -0.15) is 4.98 Å². The number of carbonyl (C=O) groups is 1. The molecule has 1 atom stereocenters. The molecule has 0 bridgehead atoms. The number of nitrogens with zero attached hydrogens (tertiary/aromatic N) is 2. The minimum absolute atomic E-state index is 0.139. The number of hydrogen-bond donors (Lipinski definition) is 1. The Labute approximate surface area is 195 Å². The van der Waals surface area contributed by atoms with Crippen LogP contribution < -0.4 is 14.8 Å². The molecule has 33 heavy (non-hydrogen) atoms. The van der Waals surface area contributed by atoms with Crippen molar-refractivity contribution in [3.63, 3.8) is 0 Å². The Morgan fingerprint density at radius 1 is 1.06 bits per heavy atom. The SMILES string of the molecule is O=C(CCCCc1nc(C2CC2)no1)N[C@@H](Cc1ccc2c(c1)OCCO2)CC1CCCC1. The Bertz CT molecular complexity index is 933. The molecule has 0 radical (unpaired) electrons. The number of rotatable bonds is 11. The van der Waals surface area contributed by atoms with Crippen molar-refractivity contribution in [3.8, 4) is 11.5 Å². The van der Waals surface area contributed by atoms with Gasteiger partial charge in [-0.3, -0.25) is 4.79 Å². The molecule has 0 saturated heterocycles. The van der Waals surface area contributed by atoms with E-state index in [1.807, 2.05) is 6.07 Å². The quantitative estimate of drug-likeness (QED) is 0.495. The average molecular weight is 454 g/mol. The maximum absolute atomic E-state index is 12.8. The van der Waals surface area contributed by atoms with Crippen LogP contribution in [-0.4, -0.2) is 35.3 Å². The molecule has 7 nitrogen and oxygen atoms in total. The summed E-state index contributed by atoms with van der Waals surface area (Å²) in [6, 6.07) is 6.31. The Hall–Kier alpha value is -2.57. The largest absolute Gasteiger partial charge is 0.486 e. The van der Waals surface area contributed by atoms with Gasteiger partial charge in [0.05, 0.1) is 0 Å². The lowest BCUT2D eigenvalue weighted by molar-refractivity contribution is -0.122. The van der Waals surface area contributed by atoms with Crippen LogP contribution in [0.2, 0.25) is 0 Å². The zero-order valence-electron chi connectivity index (χ0n) is 19.4. The van der Waals surface area contributed by atoms with Crippen LogP contribution in [0.4, 0.5) is 0 Å². The van der Waals surface area contributed by atoms with Gasteiger partial charge >= 0.3 is 0 Å². The summed E-state index contributed by atoms with van der Waals surface area (Å²) in [4.78, 5) is 17.2. The Morgan fingerprint density at radius 2 is 1.88 bits per heavy atom. The van der Waals surface area contributed by atoms with Crippen molar-refractivity contribution in [2.45, 2.75) is 89.0 Å². The Balaban J connectivity index is 1.11. The van der Waals surface area contributed by atoms with Crippen LogP contribution in [0.1, 0.15) is 87.4 Å². The van der Waals surface area contributed by atoms with E-state index in [4.69, 9.17) is 14.0 Å². The number of carbonyl (C=O) groups excluding carboxylic acids is 1. The molecule has 3 aliphatic rings. The molecular formula is C26H35N3O4. The third kappa shape index (κ3) is 6.27. The number of aryl methyl sites for hydroxylation is 1. The predicted octanol–water partition coefficient (Wildman–Crippen LogP) is 4.74. The van der Waals surface area contributed by atoms with Crippen LogP contribution in [-0.2, 0) is 17.6 Å². The third-order valence-corrected chi connectivity index (χ3v) is 7.02. The normalized spacial score (nSPS) is 18.9. The fourth-order valence-electron chi connectivity index (χ4n) is 5.08. The van der Waals surface area contributed by atoms with E-state index in [9.17, 15) is 4.79 Å². The van der Waals surface area contributed by atoms with Crippen molar-refractivity contribution in [2.24, 2.45) is 5.92 Å². The van der Waals surface area contributed by atoms with E-state index >= 15 is 0 Å². The number of unbranched alkanes of at least 4 members (excludes halogenated alkanes) is 1. The van der Waals surface area contributed by atoms with E-state index in [1.165, 1.54) is 44.1 Å². The van der Waals surface area contributed by atoms with E-state index in [0.29, 0.717) is 37.4 Å². The first-order chi connectivity index (χ1) is 16.2. The summed E-state index contributed by atoms with van der Waals surface area (Å²) in [5.74, 6) is 4.55. The number of ether oxygens (including phenoxy) is 2. The fourth-order valence-corrected chi connectivity index (χ4v) is 5.08. The van der Waals surface area contributed by atoms with Crippen LogP contribution in [0.15, 0.2) is 22.7 Å². The van der Waals surface area contributed by atoms with E-state index in [0.717, 1.165) is 49.4 Å². The molecule has 1 aromatic carbocycles. The van der Waals surface area contributed by atoms with Crippen LogP contribution in [0, 0.1) is 5.92 Å². The molecule has 0 unspecified atom stereocenters. The number of hydrogen-bond acceptors (Lipinski definition) is 6. The minimum atomic E-state index is 0.139. The van der Waals surface area contributed by atoms with Gasteiger partial charge in [0.1, 0.15) is 13.2 Å². The summed E-state index contributed by atoms with van der Waals surface area (Å²) in [6.45, 7) is 1.19. The molecule has 2 aliphatic carbocycles. The van der Waals surface area contributed by atoms with Gasteiger partial charge in [-0.25, -0.2) is 0 Å². The average Bonchev–Trinajstić information content (AvgIpc) is 3.34. The highest BCUT2D eigenvalue weighted by Crippen LogP contribution is 2.38. The van der Waals surface area contributed by atoms with Crippen molar-refractivity contribution in [2.75, 3.05) is 13.2 Å². The maximum atomic E-state index is 12.8. The zero-order chi connectivity index (χ0) is 22.5. The van der Waals surface area contributed by atoms with Gasteiger partial charge in [0.25, 0.3) is 0 Å². The van der Waals surface area contributed by atoms with E-state index in [-0.39, 0.29) is 11.9 Å². The monoisotopic (exact) mass is 453 g/mol. The first-order valence-electron chi connectivity index (χ1n) is 12.7. The van der Waals surface area contributed by atoms with Gasteiger partial charge < -0.3 is 19.3 Å². The van der Waals surface area contributed by atoms with Crippen molar-refractivity contribution < 1.29 is 18.8 Å². The molecule has 2 saturated carbocycles. The van der Waals surface area contributed by atoms with Gasteiger partial charge in [0.15, 0.2) is 17.3 Å². The van der Waals surface area contributed by atoms with Gasteiger partial charge in [-0.05, 0) is 62.1 Å².